The van der Waals surface area contributed by atoms with Gasteiger partial charge in [-0.15, -0.1) is 0 Å². The SMILES string of the molecule is CCNC(=S)Nc1cc(Cl)c(OC)cc1OC. The zero-order valence-corrected chi connectivity index (χ0v) is 11.5. The zero-order valence-electron chi connectivity index (χ0n) is 9.96. The van der Waals surface area contributed by atoms with E-state index in [1.807, 2.05) is 6.92 Å². The minimum absolute atomic E-state index is 0.495. The second kappa shape index (κ2) is 6.51. The van der Waals surface area contributed by atoms with E-state index in [0.29, 0.717) is 27.3 Å². The van der Waals surface area contributed by atoms with E-state index in [9.17, 15) is 0 Å². The molecule has 0 radical (unpaired) electrons. The summed E-state index contributed by atoms with van der Waals surface area (Å²) in [4.78, 5) is 0. The van der Waals surface area contributed by atoms with Crippen LogP contribution in [0.4, 0.5) is 5.69 Å². The number of ether oxygens (including phenoxy) is 2. The lowest BCUT2D eigenvalue weighted by Crippen LogP contribution is -2.28. The molecule has 1 rings (SSSR count). The van der Waals surface area contributed by atoms with E-state index >= 15 is 0 Å². The van der Waals surface area contributed by atoms with Gasteiger partial charge < -0.3 is 20.1 Å². The van der Waals surface area contributed by atoms with Gasteiger partial charge in [-0.3, -0.25) is 0 Å². The molecule has 0 saturated carbocycles. The van der Waals surface area contributed by atoms with Crippen LogP contribution in [0.5, 0.6) is 11.5 Å². The van der Waals surface area contributed by atoms with Gasteiger partial charge >= 0.3 is 0 Å². The molecule has 0 atom stereocenters. The van der Waals surface area contributed by atoms with Crippen molar-refractivity contribution in [3.63, 3.8) is 0 Å². The lowest BCUT2D eigenvalue weighted by molar-refractivity contribution is 0.396. The molecule has 4 nitrogen and oxygen atoms in total. The normalized spacial score (nSPS) is 9.65. The van der Waals surface area contributed by atoms with Crippen molar-refractivity contribution in [2.45, 2.75) is 6.92 Å². The Balaban J connectivity index is 2.98. The maximum atomic E-state index is 6.03. The molecule has 0 bridgehead atoms. The second-order valence-corrected chi connectivity index (χ2v) is 3.99. The number of halogens is 1. The van der Waals surface area contributed by atoms with Crippen molar-refractivity contribution in [2.24, 2.45) is 0 Å². The van der Waals surface area contributed by atoms with E-state index in [0.717, 1.165) is 6.54 Å². The minimum atomic E-state index is 0.495. The van der Waals surface area contributed by atoms with Gasteiger partial charge in [-0.1, -0.05) is 11.6 Å². The molecular formula is C11H15ClN2O2S. The number of nitrogens with one attached hydrogen (secondary N) is 2. The van der Waals surface area contributed by atoms with E-state index in [1.54, 1.807) is 26.4 Å². The number of benzene rings is 1. The first-order chi connectivity index (χ1) is 8.12. The van der Waals surface area contributed by atoms with E-state index < -0.39 is 0 Å². The number of methoxy groups -OCH3 is 2. The zero-order chi connectivity index (χ0) is 12.8. The van der Waals surface area contributed by atoms with Gasteiger partial charge in [0, 0.05) is 12.6 Å². The molecule has 0 spiro atoms. The Bertz CT molecular complexity index is 413. The van der Waals surface area contributed by atoms with Crippen molar-refractivity contribution in [1.82, 2.24) is 5.32 Å². The van der Waals surface area contributed by atoms with Gasteiger partial charge in [-0.2, -0.15) is 0 Å². The van der Waals surface area contributed by atoms with Crippen molar-refractivity contribution >= 4 is 34.6 Å². The average Bonchev–Trinajstić information content (AvgIpc) is 2.29. The summed E-state index contributed by atoms with van der Waals surface area (Å²) in [7, 11) is 3.13. The molecule has 17 heavy (non-hydrogen) atoms. The Labute approximate surface area is 111 Å². The predicted octanol–water partition coefficient (Wildman–Crippen LogP) is 2.66. The highest BCUT2D eigenvalue weighted by Crippen LogP contribution is 2.35. The molecule has 0 aromatic heterocycles. The van der Waals surface area contributed by atoms with E-state index in [4.69, 9.17) is 33.3 Å². The number of thiocarbonyl (C=S) groups is 1. The molecule has 0 aliphatic rings. The minimum Gasteiger partial charge on any atom is -0.495 e. The third-order valence-electron chi connectivity index (χ3n) is 2.06. The van der Waals surface area contributed by atoms with Crippen molar-refractivity contribution < 1.29 is 9.47 Å². The van der Waals surface area contributed by atoms with Gasteiger partial charge in [0.1, 0.15) is 11.5 Å². The summed E-state index contributed by atoms with van der Waals surface area (Å²) < 4.78 is 10.3. The van der Waals surface area contributed by atoms with Gasteiger partial charge in [0.2, 0.25) is 0 Å². The van der Waals surface area contributed by atoms with Crippen molar-refractivity contribution in [3.05, 3.63) is 17.2 Å². The van der Waals surface area contributed by atoms with Crippen LogP contribution in [0.15, 0.2) is 12.1 Å². The summed E-state index contributed by atoms with van der Waals surface area (Å²) in [6, 6.07) is 3.42. The number of hydrogen-bond acceptors (Lipinski definition) is 3. The van der Waals surface area contributed by atoms with E-state index in [2.05, 4.69) is 10.6 Å². The molecule has 0 amide bonds. The Morgan fingerprint density at radius 3 is 2.47 bits per heavy atom. The highest BCUT2D eigenvalue weighted by molar-refractivity contribution is 7.80. The van der Waals surface area contributed by atoms with Gasteiger partial charge in [0.15, 0.2) is 5.11 Å². The Morgan fingerprint density at radius 1 is 1.29 bits per heavy atom. The van der Waals surface area contributed by atoms with Crippen LogP contribution in [0.25, 0.3) is 0 Å². The monoisotopic (exact) mass is 274 g/mol. The lowest BCUT2D eigenvalue weighted by Gasteiger charge is -2.14. The summed E-state index contributed by atoms with van der Waals surface area (Å²) in [6.45, 7) is 2.71. The fourth-order valence-corrected chi connectivity index (χ4v) is 1.78. The average molecular weight is 275 g/mol. The molecular weight excluding hydrogens is 260 g/mol. The van der Waals surface area contributed by atoms with Crippen LogP contribution in [0.3, 0.4) is 0 Å². The molecule has 1 aromatic rings. The largest absolute Gasteiger partial charge is 0.495 e. The molecule has 0 fully saturated rings. The Kier molecular flexibility index (Phi) is 5.31. The van der Waals surface area contributed by atoms with Gasteiger partial charge in [-0.25, -0.2) is 0 Å². The topological polar surface area (TPSA) is 42.5 Å². The summed E-state index contributed by atoms with van der Waals surface area (Å²) in [5.74, 6) is 1.18. The molecule has 1 aromatic carbocycles. The lowest BCUT2D eigenvalue weighted by atomic mass is 10.2. The molecule has 94 valence electrons. The van der Waals surface area contributed by atoms with Crippen LogP contribution in [-0.2, 0) is 0 Å². The molecule has 0 saturated heterocycles. The van der Waals surface area contributed by atoms with Crippen LogP contribution in [0.2, 0.25) is 5.02 Å². The van der Waals surface area contributed by atoms with Crippen LogP contribution < -0.4 is 20.1 Å². The van der Waals surface area contributed by atoms with E-state index in [1.165, 1.54) is 0 Å². The van der Waals surface area contributed by atoms with Crippen molar-refractivity contribution in [2.75, 3.05) is 26.1 Å². The number of anilines is 1. The van der Waals surface area contributed by atoms with Crippen LogP contribution in [0.1, 0.15) is 6.92 Å². The number of rotatable bonds is 4. The van der Waals surface area contributed by atoms with Gasteiger partial charge in [0.25, 0.3) is 0 Å². The quantitative estimate of drug-likeness (QED) is 0.827. The fourth-order valence-electron chi connectivity index (χ4n) is 1.28. The molecule has 2 N–H and O–H groups in total. The van der Waals surface area contributed by atoms with Crippen molar-refractivity contribution in [3.8, 4) is 11.5 Å². The second-order valence-electron chi connectivity index (χ2n) is 3.17. The van der Waals surface area contributed by atoms with Crippen LogP contribution in [0, 0.1) is 0 Å². The maximum absolute atomic E-state index is 6.03. The summed E-state index contributed by atoms with van der Waals surface area (Å²) in [5, 5.41) is 7.01. The Morgan fingerprint density at radius 2 is 1.94 bits per heavy atom. The summed E-state index contributed by atoms with van der Waals surface area (Å²) >= 11 is 11.1. The Hall–Kier alpha value is -1.20. The van der Waals surface area contributed by atoms with Gasteiger partial charge in [-0.05, 0) is 25.2 Å². The molecule has 0 unspecified atom stereocenters. The molecule has 0 heterocycles. The first-order valence-electron chi connectivity index (χ1n) is 5.08. The smallest absolute Gasteiger partial charge is 0.170 e. The highest BCUT2D eigenvalue weighted by atomic mass is 35.5. The van der Waals surface area contributed by atoms with Crippen LogP contribution >= 0.6 is 23.8 Å². The van der Waals surface area contributed by atoms with E-state index in [-0.39, 0.29) is 0 Å². The standard InChI is InChI=1S/C11H15ClN2O2S/c1-4-13-11(17)14-8-5-7(12)9(15-2)6-10(8)16-3/h5-6H,4H2,1-3H3,(H2,13,14,17). The van der Waals surface area contributed by atoms with Gasteiger partial charge in [0.05, 0.1) is 24.9 Å². The maximum Gasteiger partial charge on any atom is 0.170 e. The third-order valence-corrected chi connectivity index (χ3v) is 2.60. The van der Waals surface area contributed by atoms with Crippen LogP contribution in [-0.4, -0.2) is 25.9 Å². The van der Waals surface area contributed by atoms with Crippen molar-refractivity contribution in [1.29, 1.82) is 0 Å². The molecule has 0 aliphatic carbocycles. The molecule has 6 heteroatoms. The highest BCUT2D eigenvalue weighted by Gasteiger charge is 2.10. The number of hydrogen-bond donors (Lipinski definition) is 2. The first-order valence-corrected chi connectivity index (χ1v) is 5.87. The third kappa shape index (κ3) is 3.64. The summed E-state index contributed by atoms with van der Waals surface area (Å²) in [6.07, 6.45) is 0. The fraction of sp³-hybridized carbons (Fsp3) is 0.364. The summed E-state index contributed by atoms with van der Waals surface area (Å²) in [5.41, 5.74) is 0.698. The molecule has 0 aliphatic heterocycles. The first kappa shape index (κ1) is 13.9. The predicted molar refractivity (Wildman–Crippen MR) is 74.5 cm³/mol.